The van der Waals surface area contributed by atoms with E-state index in [2.05, 4.69) is 4.74 Å². The normalized spacial score (nSPS) is 12.3. The molecule has 0 saturated heterocycles. The molecule has 0 amide bonds. The molecule has 22 heavy (non-hydrogen) atoms. The highest BCUT2D eigenvalue weighted by Gasteiger charge is 2.34. The first-order valence-electron chi connectivity index (χ1n) is 5.73. The zero-order valence-electron chi connectivity index (χ0n) is 10.6. The number of alkyl halides is 6. The van der Waals surface area contributed by atoms with Crippen molar-refractivity contribution in [3.8, 4) is 11.4 Å². The fraction of sp³-hybridized carbons (Fsp3) is 0.154. The highest BCUT2D eigenvalue weighted by Crippen LogP contribution is 2.31. The first-order valence-corrected chi connectivity index (χ1v) is 6.86. The standard InChI is InChI=1S/C13H7Cl3F3NO2/c14-12(15,16)11(21)10-2-1-7-20(10)8-3-5-9(6-4-8)22-13(17,18)19/h1-7H. The number of hydrogen-bond acceptors (Lipinski definition) is 2. The number of hydrogen-bond donors (Lipinski definition) is 0. The summed E-state index contributed by atoms with van der Waals surface area (Å²) in [5.74, 6) is -1.13. The number of carbonyl (C=O) groups is 1. The van der Waals surface area contributed by atoms with Gasteiger partial charge in [0.1, 0.15) is 5.75 Å². The third-order valence-corrected chi connectivity index (χ3v) is 3.10. The number of aromatic nitrogens is 1. The van der Waals surface area contributed by atoms with Crippen LogP contribution in [0.1, 0.15) is 10.5 Å². The highest BCUT2D eigenvalue weighted by atomic mass is 35.6. The van der Waals surface area contributed by atoms with Crippen LogP contribution >= 0.6 is 34.8 Å². The summed E-state index contributed by atoms with van der Waals surface area (Å²) in [7, 11) is 0. The number of ketones is 1. The molecule has 1 aromatic carbocycles. The Morgan fingerprint density at radius 1 is 1.05 bits per heavy atom. The summed E-state index contributed by atoms with van der Waals surface area (Å²) in [6, 6.07) is 7.90. The molecule has 0 unspecified atom stereocenters. The molecule has 9 heteroatoms. The Kier molecular flexibility index (Phi) is 4.65. The molecule has 0 N–H and O–H groups in total. The third kappa shape index (κ3) is 4.09. The number of nitrogens with zero attached hydrogens (tertiary/aromatic N) is 1. The van der Waals surface area contributed by atoms with E-state index in [1.165, 1.54) is 29.0 Å². The van der Waals surface area contributed by atoms with Crippen molar-refractivity contribution in [2.24, 2.45) is 0 Å². The van der Waals surface area contributed by atoms with Crippen molar-refractivity contribution in [1.82, 2.24) is 4.57 Å². The SMILES string of the molecule is O=C(c1cccn1-c1ccc(OC(F)(F)F)cc1)C(Cl)(Cl)Cl. The summed E-state index contributed by atoms with van der Waals surface area (Å²) in [6.07, 6.45) is -3.26. The van der Waals surface area contributed by atoms with Gasteiger partial charge in [-0.2, -0.15) is 0 Å². The second-order valence-corrected chi connectivity index (χ2v) is 6.41. The van der Waals surface area contributed by atoms with E-state index in [1.807, 2.05) is 0 Å². The minimum absolute atomic E-state index is 0.0875. The topological polar surface area (TPSA) is 31.2 Å². The molecule has 0 aliphatic heterocycles. The zero-order chi connectivity index (χ0) is 16.5. The van der Waals surface area contributed by atoms with E-state index in [0.29, 0.717) is 5.69 Å². The summed E-state index contributed by atoms with van der Waals surface area (Å²) < 4.78 is 39.3. The maximum atomic E-state index is 12.1. The Morgan fingerprint density at radius 2 is 1.64 bits per heavy atom. The van der Waals surface area contributed by atoms with E-state index in [1.54, 1.807) is 6.07 Å². The Morgan fingerprint density at radius 3 is 2.14 bits per heavy atom. The summed E-state index contributed by atoms with van der Waals surface area (Å²) >= 11 is 16.7. The van der Waals surface area contributed by atoms with Crippen molar-refractivity contribution in [2.75, 3.05) is 0 Å². The van der Waals surface area contributed by atoms with Crippen molar-refractivity contribution in [3.05, 3.63) is 48.3 Å². The van der Waals surface area contributed by atoms with Gasteiger partial charge >= 0.3 is 6.36 Å². The third-order valence-electron chi connectivity index (χ3n) is 2.59. The van der Waals surface area contributed by atoms with Crippen LogP contribution in [0.2, 0.25) is 0 Å². The first-order chi connectivity index (χ1) is 10.1. The van der Waals surface area contributed by atoms with Crippen LogP contribution in [-0.4, -0.2) is 20.5 Å². The molecule has 1 aromatic heterocycles. The van der Waals surface area contributed by atoms with Crippen LogP contribution in [0.5, 0.6) is 5.75 Å². The number of carbonyl (C=O) groups excluding carboxylic acids is 1. The second-order valence-electron chi connectivity index (χ2n) is 4.13. The smallest absolute Gasteiger partial charge is 0.406 e. The lowest BCUT2D eigenvalue weighted by atomic mass is 10.2. The quantitative estimate of drug-likeness (QED) is 0.565. The molecule has 0 aliphatic rings. The van der Waals surface area contributed by atoms with Crippen LogP contribution in [0.3, 0.4) is 0 Å². The Hall–Kier alpha value is -1.37. The van der Waals surface area contributed by atoms with E-state index < -0.39 is 15.9 Å². The minimum atomic E-state index is -4.77. The molecule has 2 aromatic rings. The average molecular weight is 373 g/mol. The van der Waals surface area contributed by atoms with Crippen molar-refractivity contribution in [1.29, 1.82) is 0 Å². The van der Waals surface area contributed by atoms with E-state index in [0.717, 1.165) is 12.1 Å². The lowest BCUT2D eigenvalue weighted by Crippen LogP contribution is -2.21. The van der Waals surface area contributed by atoms with Gasteiger partial charge in [0.25, 0.3) is 3.79 Å². The zero-order valence-corrected chi connectivity index (χ0v) is 12.8. The molecule has 3 nitrogen and oxygen atoms in total. The first kappa shape index (κ1) is 17.0. The maximum absolute atomic E-state index is 12.1. The predicted octanol–water partition coefficient (Wildman–Crippen LogP) is 4.93. The summed E-state index contributed by atoms with van der Waals surface area (Å²) in [6.45, 7) is 0. The van der Waals surface area contributed by atoms with E-state index in [-0.39, 0.29) is 11.4 Å². The molecule has 0 fully saturated rings. The van der Waals surface area contributed by atoms with Gasteiger partial charge in [0.2, 0.25) is 5.78 Å². The monoisotopic (exact) mass is 371 g/mol. The Balaban J connectivity index is 2.31. The van der Waals surface area contributed by atoms with Crippen LogP contribution in [0.15, 0.2) is 42.6 Å². The molecule has 0 aliphatic carbocycles. The molecular formula is C13H7Cl3F3NO2. The molecule has 1 heterocycles. The molecular weight excluding hydrogens is 366 g/mol. The number of benzene rings is 1. The summed E-state index contributed by atoms with van der Waals surface area (Å²) in [4.78, 5) is 12.0. The average Bonchev–Trinajstić information content (AvgIpc) is 2.84. The molecule has 0 radical (unpaired) electrons. The van der Waals surface area contributed by atoms with Gasteiger partial charge in [-0.25, -0.2) is 0 Å². The predicted molar refractivity (Wildman–Crippen MR) is 77.1 cm³/mol. The van der Waals surface area contributed by atoms with Crippen molar-refractivity contribution < 1.29 is 22.7 Å². The van der Waals surface area contributed by atoms with Crippen molar-refractivity contribution in [2.45, 2.75) is 10.2 Å². The number of ether oxygens (including phenoxy) is 1. The maximum Gasteiger partial charge on any atom is 0.573 e. The van der Waals surface area contributed by atoms with Gasteiger partial charge < -0.3 is 9.30 Å². The number of rotatable bonds is 3. The van der Waals surface area contributed by atoms with Gasteiger partial charge in [-0.3, -0.25) is 4.79 Å². The van der Waals surface area contributed by atoms with Crippen LogP contribution in [-0.2, 0) is 0 Å². The van der Waals surface area contributed by atoms with Crippen molar-refractivity contribution in [3.63, 3.8) is 0 Å². The van der Waals surface area contributed by atoms with E-state index in [4.69, 9.17) is 34.8 Å². The van der Waals surface area contributed by atoms with Gasteiger partial charge in [-0.05, 0) is 36.4 Å². The molecule has 118 valence electrons. The van der Waals surface area contributed by atoms with Gasteiger partial charge in [0.05, 0.1) is 5.69 Å². The van der Waals surface area contributed by atoms with E-state index >= 15 is 0 Å². The molecule has 0 saturated carbocycles. The minimum Gasteiger partial charge on any atom is -0.406 e. The van der Waals surface area contributed by atoms with E-state index in [9.17, 15) is 18.0 Å². The van der Waals surface area contributed by atoms with Gasteiger partial charge in [0, 0.05) is 11.9 Å². The van der Waals surface area contributed by atoms with Crippen LogP contribution < -0.4 is 4.74 Å². The Bertz CT molecular complexity index is 675. The molecule has 0 spiro atoms. The fourth-order valence-corrected chi connectivity index (χ4v) is 2.04. The highest BCUT2D eigenvalue weighted by molar-refractivity contribution is 6.77. The molecule has 0 bridgehead atoms. The summed E-state index contributed by atoms with van der Waals surface area (Å²) in [5, 5.41) is 0. The van der Waals surface area contributed by atoms with Gasteiger partial charge in [-0.1, -0.05) is 34.8 Å². The van der Waals surface area contributed by atoms with Crippen LogP contribution in [0.25, 0.3) is 5.69 Å². The lowest BCUT2D eigenvalue weighted by molar-refractivity contribution is -0.274. The van der Waals surface area contributed by atoms with Crippen LogP contribution in [0, 0.1) is 0 Å². The van der Waals surface area contributed by atoms with Crippen molar-refractivity contribution >= 4 is 40.6 Å². The largest absolute Gasteiger partial charge is 0.573 e. The number of halogens is 6. The molecule has 0 atom stereocenters. The Labute approximate surface area is 138 Å². The van der Waals surface area contributed by atoms with Gasteiger partial charge in [0.15, 0.2) is 0 Å². The van der Waals surface area contributed by atoms with Gasteiger partial charge in [-0.15, -0.1) is 13.2 Å². The fourth-order valence-electron chi connectivity index (χ4n) is 1.74. The molecule has 2 rings (SSSR count). The second kappa shape index (κ2) is 6.02. The lowest BCUT2D eigenvalue weighted by Gasteiger charge is -2.14. The summed E-state index contributed by atoms with van der Waals surface area (Å²) in [5.41, 5.74) is 0.501. The van der Waals surface area contributed by atoms with Crippen LogP contribution in [0.4, 0.5) is 13.2 Å². The number of Topliss-reactive ketones (excluding diaryl/α,β-unsaturated/α-hetero) is 1.